The molecule has 2 N–H and O–H groups in total. The quantitative estimate of drug-likeness (QED) is 0.638. The van der Waals surface area contributed by atoms with E-state index in [9.17, 15) is 23.1 Å². The van der Waals surface area contributed by atoms with Crippen molar-refractivity contribution in [1.82, 2.24) is 10.2 Å². The number of amides is 1. The molecule has 1 aromatic carbocycles. The first-order chi connectivity index (χ1) is 15.6. The van der Waals surface area contributed by atoms with Crippen LogP contribution in [0.15, 0.2) is 12.1 Å². The van der Waals surface area contributed by atoms with Crippen LogP contribution in [0.1, 0.15) is 57.4 Å². The minimum absolute atomic E-state index is 0.0302. The molecule has 1 aromatic rings. The van der Waals surface area contributed by atoms with Crippen LogP contribution in [0.4, 0.5) is 13.2 Å². The lowest BCUT2D eigenvalue weighted by Gasteiger charge is -2.37. The Balaban J connectivity index is 1.70. The predicted molar refractivity (Wildman–Crippen MR) is 120 cm³/mol. The molecule has 0 aromatic heterocycles. The second-order valence-corrected chi connectivity index (χ2v) is 10.5. The average Bonchev–Trinajstić information content (AvgIpc) is 2.98. The van der Waals surface area contributed by atoms with Crippen LogP contribution in [-0.2, 0) is 31.8 Å². The number of alkyl halides is 3. The van der Waals surface area contributed by atoms with Crippen LogP contribution >= 0.6 is 0 Å². The van der Waals surface area contributed by atoms with Gasteiger partial charge in [-0.1, -0.05) is 12.1 Å². The molecule has 4 rings (SSSR count). The van der Waals surface area contributed by atoms with E-state index in [-0.39, 0.29) is 19.1 Å². The summed E-state index contributed by atoms with van der Waals surface area (Å²) in [4.78, 5) is 13.7. The fraction of sp³-hybridized carbons (Fsp3) is 0.696. The summed E-state index contributed by atoms with van der Waals surface area (Å²) in [5.74, 6) is -1.35. The molecular formula is C23H32BF3N2O5. The van der Waals surface area contributed by atoms with Crippen molar-refractivity contribution in [2.75, 3.05) is 26.3 Å². The standard InChI is InChI=1S/C23H32BF3N2O5/c1-20(2)21(3,4)34-24(33-20)15-10-14-6-8-29(19(30)22(5,31)23(25,26)27)12-17(14)16(11-15)18-13-32-9-7-28-18/h10-11,18,28,31H,6-9,12-13H2,1-5H3/t18-,22-/m0/s1. The van der Waals surface area contributed by atoms with E-state index in [1.165, 1.54) is 0 Å². The number of fused-ring (bicyclic) bond motifs is 1. The number of carbonyl (C=O) groups excluding carboxylic acids is 1. The highest BCUT2D eigenvalue weighted by Gasteiger charge is 2.57. The summed E-state index contributed by atoms with van der Waals surface area (Å²) in [6.45, 7) is 10.0. The molecule has 2 fully saturated rings. The van der Waals surface area contributed by atoms with Crippen LogP contribution in [0.3, 0.4) is 0 Å². The Morgan fingerprint density at radius 3 is 2.41 bits per heavy atom. The zero-order valence-electron chi connectivity index (χ0n) is 20.2. The third-order valence-corrected chi connectivity index (χ3v) is 7.48. The summed E-state index contributed by atoms with van der Waals surface area (Å²) in [5, 5.41) is 13.3. The summed E-state index contributed by atoms with van der Waals surface area (Å²) in [5.41, 5.74) is -1.14. The monoisotopic (exact) mass is 484 g/mol. The first kappa shape index (κ1) is 25.4. The van der Waals surface area contributed by atoms with E-state index in [2.05, 4.69) is 5.32 Å². The van der Waals surface area contributed by atoms with Crippen molar-refractivity contribution in [2.24, 2.45) is 0 Å². The van der Waals surface area contributed by atoms with Gasteiger partial charge in [-0.05, 0) is 63.2 Å². The second kappa shape index (κ2) is 8.48. The Labute approximate surface area is 198 Å². The maximum Gasteiger partial charge on any atom is 0.494 e. The van der Waals surface area contributed by atoms with Gasteiger partial charge >= 0.3 is 13.3 Å². The van der Waals surface area contributed by atoms with Gasteiger partial charge < -0.3 is 29.4 Å². The first-order valence-corrected chi connectivity index (χ1v) is 11.5. The van der Waals surface area contributed by atoms with Gasteiger partial charge in [0.05, 0.1) is 30.5 Å². The lowest BCUT2D eigenvalue weighted by molar-refractivity contribution is -0.250. The van der Waals surface area contributed by atoms with Crippen molar-refractivity contribution in [3.05, 3.63) is 28.8 Å². The second-order valence-electron chi connectivity index (χ2n) is 10.5. The summed E-state index contributed by atoms with van der Waals surface area (Å²) in [6.07, 6.45) is -4.71. The highest BCUT2D eigenvalue weighted by Crippen LogP contribution is 2.38. The molecule has 3 aliphatic heterocycles. The molecule has 1 amide bonds. The molecule has 0 spiro atoms. The van der Waals surface area contributed by atoms with Gasteiger partial charge in [-0.25, -0.2) is 0 Å². The molecule has 0 aliphatic carbocycles. The summed E-state index contributed by atoms with van der Waals surface area (Å²) in [7, 11) is -0.593. The van der Waals surface area contributed by atoms with Crippen LogP contribution in [0.5, 0.6) is 0 Å². The topological polar surface area (TPSA) is 80.3 Å². The van der Waals surface area contributed by atoms with E-state index in [1.807, 2.05) is 39.8 Å². The van der Waals surface area contributed by atoms with Crippen LogP contribution < -0.4 is 10.8 Å². The van der Waals surface area contributed by atoms with E-state index in [0.717, 1.165) is 27.1 Å². The number of nitrogens with one attached hydrogen (secondary N) is 1. The number of morpholine rings is 1. The number of rotatable bonds is 3. The Morgan fingerprint density at radius 1 is 1.21 bits per heavy atom. The van der Waals surface area contributed by atoms with Crippen molar-refractivity contribution in [3.8, 4) is 0 Å². The smallest absolute Gasteiger partial charge is 0.399 e. The summed E-state index contributed by atoms with van der Waals surface area (Å²) < 4.78 is 58.0. The van der Waals surface area contributed by atoms with E-state index >= 15 is 0 Å². The molecule has 188 valence electrons. The van der Waals surface area contributed by atoms with Crippen molar-refractivity contribution in [1.29, 1.82) is 0 Å². The van der Waals surface area contributed by atoms with Gasteiger partial charge in [0.15, 0.2) is 0 Å². The molecule has 3 heterocycles. The SMILES string of the molecule is CC1(C)OB(c2cc3c(c([C@@H]4COCCN4)c2)CN(C(=O)[C@](C)(O)C(F)(F)F)CC3)OC1(C)C. The third-order valence-electron chi connectivity index (χ3n) is 7.48. The molecule has 0 unspecified atom stereocenters. The predicted octanol–water partition coefficient (Wildman–Crippen LogP) is 1.84. The number of halogens is 3. The van der Waals surface area contributed by atoms with E-state index in [0.29, 0.717) is 33.1 Å². The summed E-state index contributed by atoms with van der Waals surface area (Å²) >= 11 is 0. The lowest BCUT2D eigenvalue weighted by Crippen LogP contribution is -2.57. The van der Waals surface area contributed by atoms with Crippen LogP contribution in [0.25, 0.3) is 0 Å². The van der Waals surface area contributed by atoms with Gasteiger partial charge in [0.1, 0.15) is 0 Å². The normalized spacial score (nSPS) is 26.2. The fourth-order valence-corrected chi connectivity index (χ4v) is 4.52. The maximum atomic E-state index is 13.3. The van der Waals surface area contributed by atoms with Crippen molar-refractivity contribution < 1.29 is 37.1 Å². The molecule has 0 radical (unpaired) electrons. The molecule has 7 nitrogen and oxygen atoms in total. The number of ether oxygens (including phenoxy) is 1. The van der Waals surface area contributed by atoms with Gasteiger partial charge in [0.2, 0.25) is 5.60 Å². The van der Waals surface area contributed by atoms with Crippen molar-refractivity contribution >= 4 is 18.5 Å². The number of carbonyl (C=O) groups is 1. The number of benzene rings is 1. The lowest BCUT2D eigenvalue weighted by atomic mass is 9.74. The Hall–Kier alpha value is -1.66. The fourth-order valence-electron chi connectivity index (χ4n) is 4.52. The zero-order valence-corrected chi connectivity index (χ0v) is 20.2. The molecular weight excluding hydrogens is 452 g/mol. The number of hydrogen-bond acceptors (Lipinski definition) is 6. The van der Waals surface area contributed by atoms with Gasteiger partial charge in [0.25, 0.3) is 5.91 Å². The highest BCUT2D eigenvalue weighted by atomic mass is 19.4. The third kappa shape index (κ3) is 4.37. The minimum Gasteiger partial charge on any atom is -0.399 e. The molecule has 34 heavy (non-hydrogen) atoms. The highest BCUT2D eigenvalue weighted by molar-refractivity contribution is 6.62. The van der Waals surface area contributed by atoms with E-state index < -0.39 is 36.0 Å². The molecule has 11 heteroatoms. The van der Waals surface area contributed by atoms with Gasteiger partial charge in [-0.15, -0.1) is 0 Å². The Kier molecular flexibility index (Phi) is 6.34. The first-order valence-electron chi connectivity index (χ1n) is 11.5. The maximum absolute atomic E-state index is 13.3. The van der Waals surface area contributed by atoms with Crippen LogP contribution in [0, 0.1) is 0 Å². The minimum atomic E-state index is -5.06. The van der Waals surface area contributed by atoms with Gasteiger partial charge in [0, 0.05) is 19.6 Å². The molecule has 2 saturated heterocycles. The largest absolute Gasteiger partial charge is 0.494 e. The number of aliphatic hydroxyl groups is 1. The number of hydrogen-bond donors (Lipinski definition) is 2. The van der Waals surface area contributed by atoms with Crippen molar-refractivity contribution in [3.63, 3.8) is 0 Å². The van der Waals surface area contributed by atoms with Crippen LogP contribution in [-0.4, -0.2) is 72.3 Å². The zero-order chi connectivity index (χ0) is 25.1. The molecule has 0 bridgehead atoms. The van der Waals surface area contributed by atoms with Gasteiger partial charge in [-0.2, -0.15) is 13.2 Å². The summed E-state index contributed by atoms with van der Waals surface area (Å²) in [6, 6.07) is 3.69. The average molecular weight is 484 g/mol. The van der Waals surface area contributed by atoms with E-state index in [4.69, 9.17) is 14.0 Å². The number of nitrogens with zero attached hydrogens (tertiary/aromatic N) is 1. The van der Waals surface area contributed by atoms with Crippen molar-refractivity contribution in [2.45, 2.75) is 76.6 Å². The molecule has 3 aliphatic rings. The molecule has 0 saturated carbocycles. The van der Waals surface area contributed by atoms with Crippen LogP contribution in [0.2, 0.25) is 0 Å². The Bertz CT molecular complexity index is 945. The van der Waals surface area contributed by atoms with E-state index in [1.54, 1.807) is 0 Å². The Morgan fingerprint density at radius 2 is 1.85 bits per heavy atom. The molecule has 2 atom stereocenters. The van der Waals surface area contributed by atoms with Gasteiger partial charge in [-0.3, -0.25) is 4.79 Å².